The summed E-state index contributed by atoms with van der Waals surface area (Å²) in [7, 11) is 0. The van der Waals surface area contributed by atoms with Gasteiger partial charge in [0.25, 0.3) is 0 Å². The largest absolute Gasteiger partial charge is 0.355 e. The molecule has 2 nitrogen and oxygen atoms in total. The molecule has 0 spiro atoms. The zero-order valence-corrected chi connectivity index (χ0v) is 21.8. The van der Waals surface area contributed by atoms with Crippen molar-refractivity contribution in [3.05, 3.63) is 90.7 Å². The minimum absolute atomic E-state index is 1.11. The van der Waals surface area contributed by atoms with Gasteiger partial charge in [-0.25, -0.2) is 0 Å². The SMILES string of the molecule is Brc1ccc2[nH]c3ccc(Br)cc3c2c1.Brc1ccc2[nH]c3ccc(Br)cc3c2c1. The number of nitrogens with one attached hydrogen (secondary N) is 2. The monoisotopic (exact) mass is 646 g/mol. The van der Waals surface area contributed by atoms with Crippen LogP contribution < -0.4 is 0 Å². The van der Waals surface area contributed by atoms with Crippen molar-refractivity contribution in [3.63, 3.8) is 0 Å². The number of aromatic amines is 2. The van der Waals surface area contributed by atoms with Crippen molar-refractivity contribution >= 4 is 107 Å². The molecule has 30 heavy (non-hydrogen) atoms. The average Bonchev–Trinajstić information content (AvgIpc) is 3.26. The number of benzene rings is 4. The van der Waals surface area contributed by atoms with Gasteiger partial charge in [-0.1, -0.05) is 63.7 Å². The number of halogens is 4. The van der Waals surface area contributed by atoms with Crippen molar-refractivity contribution in [1.82, 2.24) is 9.97 Å². The molecule has 4 aromatic carbocycles. The van der Waals surface area contributed by atoms with Gasteiger partial charge in [-0.2, -0.15) is 0 Å². The van der Waals surface area contributed by atoms with Crippen LogP contribution in [0.15, 0.2) is 90.7 Å². The highest BCUT2D eigenvalue weighted by Crippen LogP contribution is 2.31. The van der Waals surface area contributed by atoms with Crippen molar-refractivity contribution < 1.29 is 0 Å². The molecular weight excluding hydrogens is 636 g/mol. The Bertz CT molecular complexity index is 1320. The third-order valence-electron chi connectivity index (χ3n) is 5.05. The van der Waals surface area contributed by atoms with Crippen LogP contribution in [-0.4, -0.2) is 9.97 Å². The molecule has 0 radical (unpaired) electrons. The van der Waals surface area contributed by atoms with E-state index in [1.807, 2.05) is 24.3 Å². The minimum Gasteiger partial charge on any atom is -0.355 e. The lowest BCUT2D eigenvalue weighted by Gasteiger charge is -1.93. The van der Waals surface area contributed by atoms with E-state index in [4.69, 9.17) is 0 Å². The Hall–Kier alpha value is -1.60. The molecule has 2 N–H and O–H groups in total. The summed E-state index contributed by atoms with van der Waals surface area (Å²) >= 11 is 14.0. The number of aromatic nitrogens is 2. The van der Waals surface area contributed by atoms with Gasteiger partial charge in [0, 0.05) is 61.5 Å². The van der Waals surface area contributed by atoms with Crippen LogP contribution >= 0.6 is 63.7 Å². The molecule has 6 aromatic rings. The summed E-state index contributed by atoms with van der Waals surface area (Å²) in [6.45, 7) is 0. The van der Waals surface area contributed by atoms with Gasteiger partial charge < -0.3 is 9.97 Å². The molecule has 0 aliphatic rings. The summed E-state index contributed by atoms with van der Waals surface area (Å²) in [6, 6.07) is 25.1. The topological polar surface area (TPSA) is 31.6 Å². The highest BCUT2D eigenvalue weighted by atomic mass is 79.9. The lowest BCUT2D eigenvalue weighted by Crippen LogP contribution is -1.67. The second-order valence-corrected chi connectivity index (χ2v) is 10.7. The van der Waals surface area contributed by atoms with Crippen molar-refractivity contribution in [2.45, 2.75) is 0 Å². The lowest BCUT2D eigenvalue weighted by atomic mass is 10.2. The summed E-state index contributed by atoms with van der Waals surface area (Å²) < 4.78 is 4.43. The number of H-pyrrole nitrogens is 2. The number of hydrogen-bond donors (Lipinski definition) is 2. The second-order valence-electron chi connectivity index (χ2n) is 7.01. The van der Waals surface area contributed by atoms with Gasteiger partial charge in [0.15, 0.2) is 0 Å². The van der Waals surface area contributed by atoms with Crippen LogP contribution in [-0.2, 0) is 0 Å². The summed E-state index contributed by atoms with van der Waals surface area (Å²) in [5, 5.41) is 5.00. The Labute approximate surface area is 206 Å². The smallest absolute Gasteiger partial charge is 0.0465 e. The zero-order chi connectivity index (χ0) is 20.8. The fraction of sp³-hybridized carbons (Fsp3) is 0. The fourth-order valence-corrected chi connectivity index (χ4v) is 5.13. The maximum absolute atomic E-state index is 3.50. The second kappa shape index (κ2) is 8.15. The third kappa shape index (κ3) is 3.86. The van der Waals surface area contributed by atoms with E-state index in [0.29, 0.717) is 0 Å². The summed E-state index contributed by atoms with van der Waals surface area (Å²) in [6.07, 6.45) is 0. The van der Waals surface area contributed by atoms with Crippen LogP contribution in [0.5, 0.6) is 0 Å². The van der Waals surface area contributed by atoms with Gasteiger partial charge in [-0.05, 0) is 72.8 Å². The predicted molar refractivity (Wildman–Crippen MR) is 142 cm³/mol. The van der Waals surface area contributed by atoms with Gasteiger partial charge in [-0.3, -0.25) is 0 Å². The molecule has 0 saturated heterocycles. The normalized spacial score (nSPS) is 11.3. The first-order chi connectivity index (χ1) is 14.5. The van der Waals surface area contributed by atoms with Crippen molar-refractivity contribution in [2.24, 2.45) is 0 Å². The zero-order valence-electron chi connectivity index (χ0n) is 15.4. The van der Waals surface area contributed by atoms with Gasteiger partial charge in [0.2, 0.25) is 0 Å². The molecule has 0 fully saturated rings. The first kappa shape index (κ1) is 20.3. The highest BCUT2D eigenvalue weighted by molar-refractivity contribution is 9.11. The Morgan fingerprint density at radius 1 is 0.367 bits per heavy atom. The van der Waals surface area contributed by atoms with Crippen LogP contribution in [0, 0.1) is 0 Å². The van der Waals surface area contributed by atoms with Crippen molar-refractivity contribution in [1.29, 1.82) is 0 Å². The van der Waals surface area contributed by atoms with E-state index in [1.54, 1.807) is 0 Å². The minimum atomic E-state index is 1.11. The number of fused-ring (bicyclic) bond motifs is 6. The van der Waals surface area contributed by atoms with Crippen molar-refractivity contribution in [3.8, 4) is 0 Å². The Morgan fingerprint density at radius 2 is 0.600 bits per heavy atom. The third-order valence-corrected chi connectivity index (χ3v) is 7.02. The van der Waals surface area contributed by atoms with E-state index in [9.17, 15) is 0 Å². The van der Waals surface area contributed by atoms with E-state index in [0.717, 1.165) is 17.9 Å². The molecule has 0 bridgehead atoms. The maximum atomic E-state index is 3.50. The first-order valence-corrected chi connectivity index (χ1v) is 12.4. The van der Waals surface area contributed by atoms with Crippen LogP contribution in [0.4, 0.5) is 0 Å². The Kier molecular flexibility index (Phi) is 5.52. The Morgan fingerprint density at radius 3 is 0.833 bits per heavy atom. The van der Waals surface area contributed by atoms with E-state index >= 15 is 0 Å². The van der Waals surface area contributed by atoms with E-state index in [1.165, 1.54) is 43.6 Å². The van der Waals surface area contributed by atoms with Gasteiger partial charge in [0.05, 0.1) is 0 Å². The molecule has 0 saturated carbocycles. The quantitative estimate of drug-likeness (QED) is 0.164. The molecular formula is C24H14Br4N2. The molecule has 6 rings (SSSR count). The molecule has 0 amide bonds. The van der Waals surface area contributed by atoms with Crippen LogP contribution in [0.3, 0.4) is 0 Å². The fourth-order valence-electron chi connectivity index (χ4n) is 3.68. The highest BCUT2D eigenvalue weighted by Gasteiger charge is 2.05. The van der Waals surface area contributed by atoms with E-state index in [-0.39, 0.29) is 0 Å². The summed E-state index contributed by atoms with van der Waals surface area (Å²) in [5.74, 6) is 0. The van der Waals surface area contributed by atoms with Crippen LogP contribution in [0.2, 0.25) is 0 Å². The van der Waals surface area contributed by atoms with E-state index < -0.39 is 0 Å². The predicted octanol–water partition coefficient (Wildman–Crippen LogP) is 9.69. The molecule has 0 atom stereocenters. The van der Waals surface area contributed by atoms with Crippen molar-refractivity contribution in [2.75, 3.05) is 0 Å². The summed E-state index contributed by atoms with van der Waals surface area (Å²) in [5.41, 5.74) is 4.69. The molecule has 2 heterocycles. The number of hydrogen-bond acceptors (Lipinski definition) is 0. The standard InChI is InChI=1S/2C12H7Br2N/c2*13-7-1-3-11-9(5-7)10-6-8(14)2-4-12(10)15-11/h2*1-6,15H. The molecule has 0 aliphatic heterocycles. The van der Waals surface area contributed by atoms with Gasteiger partial charge >= 0.3 is 0 Å². The molecule has 2 aromatic heterocycles. The maximum Gasteiger partial charge on any atom is 0.0465 e. The number of rotatable bonds is 0. The molecule has 148 valence electrons. The van der Waals surface area contributed by atoms with Crippen LogP contribution in [0.25, 0.3) is 43.6 Å². The summed E-state index contributed by atoms with van der Waals surface area (Å²) in [4.78, 5) is 6.78. The van der Waals surface area contributed by atoms with Gasteiger partial charge in [0.1, 0.15) is 0 Å². The lowest BCUT2D eigenvalue weighted by molar-refractivity contribution is 1.54. The van der Waals surface area contributed by atoms with Gasteiger partial charge in [-0.15, -0.1) is 0 Å². The van der Waals surface area contributed by atoms with E-state index in [2.05, 4.69) is 122 Å². The molecule has 0 aliphatic carbocycles. The first-order valence-electron chi connectivity index (χ1n) is 9.21. The Balaban J connectivity index is 0.000000128. The van der Waals surface area contributed by atoms with Crippen LogP contribution in [0.1, 0.15) is 0 Å². The molecule has 0 unspecified atom stereocenters. The average molecular weight is 650 g/mol. The molecule has 6 heteroatoms.